The fourth-order valence-corrected chi connectivity index (χ4v) is 2.46. The molecule has 6 heteroatoms. The number of methoxy groups -OCH3 is 1. The van der Waals surface area contributed by atoms with Gasteiger partial charge >= 0.3 is 5.97 Å². The minimum atomic E-state index is -0.444. The molecule has 0 N–H and O–H groups in total. The van der Waals surface area contributed by atoms with Gasteiger partial charge in [0, 0.05) is 0 Å². The van der Waals surface area contributed by atoms with Gasteiger partial charge in [-0.25, -0.2) is 4.79 Å². The monoisotopic (exact) mass is 350 g/mol. The van der Waals surface area contributed by atoms with Crippen molar-refractivity contribution in [2.24, 2.45) is 5.10 Å². The molecule has 0 saturated carbocycles. The molecule has 2 aromatic rings. The summed E-state index contributed by atoms with van der Waals surface area (Å²) < 4.78 is 9.83. The zero-order valence-electron chi connectivity index (χ0n) is 14.5. The summed E-state index contributed by atoms with van der Waals surface area (Å²) in [4.78, 5) is 23.8. The molecule has 6 nitrogen and oxygen atoms in total. The second-order valence-corrected chi connectivity index (χ2v) is 5.63. The minimum absolute atomic E-state index is 0.146. The third-order valence-electron chi connectivity index (χ3n) is 3.84. The number of anilines is 1. The van der Waals surface area contributed by atoms with Crippen LogP contribution < -0.4 is 9.75 Å². The van der Waals surface area contributed by atoms with Gasteiger partial charge in [0.25, 0.3) is 5.91 Å². The molecule has 3 rings (SSSR count). The topological polar surface area (TPSA) is 68.2 Å². The Morgan fingerprint density at radius 1 is 1.12 bits per heavy atom. The molecule has 1 aliphatic heterocycles. The van der Waals surface area contributed by atoms with Crippen LogP contribution in [-0.4, -0.2) is 31.3 Å². The van der Waals surface area contributed by atoms with Crippen molar-refractivity contribution in [3.8, 4) is 5.75 Å². The zero-order valence-corrected chi connectivity index (χ0v) is 14.5. The van der Waals surface area contributed by atoms with E-state index in [4.69, 9.17) is 4.74 Å². The average Bonchev–Trinajstić information content (AvgIpc) is 2.96. The highest BCUT2D eigenvalue weighted by molar-refractivity contribution is 6.32. The van der Waals surface area contributed by atoms with Crippen LogP contribution in [-0.2, 0) is 14.3 Å². The van der Waals surface area contributed by atoms with Gasteiger partial charge in [-0.15, -0.1) is 0 Å². The van der Waals surface area contributed by atoms with E-state index in [0.717, 1.165) is 11.3 Å². The van der Waals surface area contributed by atoms with Crippen molar-refractivity contribution < 1.29 is 19.1 Å². The second-order valence-electron chi connectivity index (χ2n) is 5.63. The summed E-state index contributed by atoms with van der Waals surface area (Å²) >= 11 is 0. The molecule has 132 valence electrons. The number of para-hydroxylation sites is 1. The van der Waals surface area contributed by atoms with E-state index in [-0.39, 0.29) is 12.5 Å². The van der Waals surface area contributed by atoms with Gasteiger partial charge in [-0.05, 0) is 42.8 Å². The molecule has 1 aliphatic rings. The van der Waals surface area contributed by atoms with Crippen LogP contribution in [0.5, 0.6) is 5.75 Å². The van der Waals surface area contributed by atoms with Crippen molar-refractivity contribution in [2.75, 3.05) is 18.7 Å². The van der Waals surface area contributed by atoms with Gasteiger partial charge in [-0.1, -0.05) is 30.3 Å². The van der Waals surface area contributed by atoms with Crippen LogP contribution in [0.2, 0.25) is 0 Å². The Morgan fingerprint density at radius 3 is 2.46 bits per heavy atom. The first kappa shape index (κ1) is 17.4. The summed E-state index contributed by atoms with van der Waals surface area (Å²) in [5, 5.41) is 5.75. The number of hydrazone groups is 1. The number of esters is 1. The Kier molecular flexibility index (Phi) is 5.12. The number of hydrogen-bond donors (Lipinski definition) is 0. The molecule has 0 spiro atoms. The first-order valence-corrected chi connectivity index (χ1v) is 8.05. The highest BCUT2D eigenvalue weighted by Crippen LogP contribution is 2.25. The summed E-state index contributed by atoms with van der Waals surface area (Å²) in [6, 6.07) is 16.4. The van der Waals surface area contributed by atoms with Crippen molar-refractivity contribution in [2.45, 2.75) is 6.92 Å². The summed E-state index contributed by atoms with van der Waals surface area (Å²) in [6.45, 7) is 1.66. The van der Waals surface area contributed by atoms with E-state index >= 15 is 0 Å². The normalized spacial score (nSPS) is 15.2. The Morgan fingerprint density at radius 2 is 1.81 bits per heavy atom. The predicted molar refractivity (Wildman–Crippen MR) is 99.0 cm³/mol. The molecule has 26 heavy (non-hydrogen) atoms. The van der Waals surface area contributed by atoms with Gasteiger partial charge in [0.2, 0.25) is 0 Å². The Bertz CT molecular complexity index is 870. The molecule has 0 unspecified atom stereocenters. The number of carbonyl (C=O) groups is 2. The molecule has 0 aliphatic carbocycles. The zero-order chi connectivity index (χ0) is 18.5. The molecule has 0 saturated heterocycles. The van der Waals surface area contributed by atoms with Crippen LogP contribution in [0.3, 0.4) is 0 Å². The van der Waals surface area contributed by atoms with E-state index in [0.29, 0.717) is 17.0 Å². The van der Waals surface area contributed by atoms with Crippen molar-refractivity contribution in [1.29, 1.82) is 0 Å². The molecule has 0 bridgehead atoms. The molecule has 0 aromatic heterocycles. The smallest absolute Gasteiger partial charge is 0.343 e. The molecule has 0 radical (unpaired) electrons. The van der Waals surface area contributed by atoms with E-state index in [2.05, 4.69) is 9.84 Å². The number of benzene rings is 2. The van der Waals surface area contributed by atoms with Crippen molar-refractivity contribution in [3.05, 3.63) is 65.7 Å². The molecule has 1 heterocycles. The van der Waals surface area contributed by atoms with Gasteiger partial charge in [0.05, 0.1) is 24.1 Å². The third-order valence-corrected chi connectivity index (χ3v) is 3.84. The molecule has 0 fully saturated rings. The first-order valence-electron chi connectivity index (χ1n) is 8.05. The second kappa shape index (κ2) is 7.65. The maximum Gasteiger partial charge on any atom is 0.343 e. The highest BCUT2D eigenvalue weighted by Gasteiger charge is 2.28. The molecular weight excluding hydrogens is 332 g/mol. The summed E-state index contributed by atoms with van der Waals surface area (Å²) in [5.74, 6) is -0.0631. The number of hydrogen-bond acceptors (Lipinski definition) is 5. The van der Waals surface area contributed by atoms with Crippen LogP contribution in [0.1, 0.15) is 12.5 Å². The Labute approximate surface area is 151 Å². The summed E-state index contributed by atoms with van der Waals surface area (Å²) in [7, 11) is 1.31. The minimum Gasteiger partial charge on any atom is -0.482 e. The maximum atomic E-state index is 12.7. The summed E-state index contributed by atoms with van der Waals surface area (Å²) in [6.07, 6.45) is 1.79. The van der Waals surface area contributed by atoms with Crippen molar-refractivity contribution >= 4 is 29.4 Å². The third kappa shape index (κ3) is 3.80. The quantitative estimate of drug-likeness (QED) is 0.614. The first-order chi connectivity index (χ1) is 12.6. The van der Waals surface area contributed by atoms with Crippen LogP contribution in [0.25, 0.3) is 6.08 Å². The molecule has 1 amide bonds. The number of carbonyl (C=O) groups excluding carboxylic acids is 2. The number of rotatable bonds is 5. The highest BCUT2D eigenvalue weighted by atomic mass is 16.6. The lowest BCUT2D eigenvalue weighted by Gasteiger charge is -2.11. The Balaban J connectivity index is 1.75. The lowest BCUT2D eigenvalue weighted by molar-refractivity contribution is -0.142. The predicted octanol–water partition coefficient (Wildman–Crippen LogP) is 3.04. The van der Waals surface area contributed by atoms with Crippen LogP contribution >= 0.6 is 0 Å². The van der Waals surface area contributed by atoms with Crippen LogP contribution in [0.4, 0.5) is 5.69 Å². The number of nitrogens with zero attached hydrogens (tertiary/aromatic N) is 2. The van der Waals surface area contributed by atoms with E-state index in [1.807, 2.05) is 42.5 Å². The van der Waals surface area contributed by atoms with Gasteiger partial charge in [-0.2, -0.15) is 10.1 Å². The molecule has 0 atom stereocenters. The SMILES string of the molecule is COC(=O)COc1ccc(C=C2C(=O)N(c3ccccc3)N=C2C)cc1. The van der Waals surface area contributed by atoms with Crippen LogP contribution in [0.15, 0.2) is 65.3 Å². The Hall–Kier alpha value is -3.41. The molecular formula is C20H18N2O4. The van der Waals surface area contributed by atoms with Gasteiger partial charge in [-0.3, -0.25) is 4.79 Å². The van der Waals surface area contributed by atoms with E-state index < -0.39 is 5.97 Å². The van der Waals surface area contributed by atoms with Gasteiger partial charge in [0.15, 0.2) is 6.61 Å². The van der Waals surface area contributed by atoms with Crippen LogP contribution in [0, 0.1) is 0 Å². The van der Waals surface area contributed by atoms with E-state index in [1.54, 1.807) is 25.1 Å². The molecule has 2 aromatic carbocycles. The largest absolute Gasteiger partial charge is 0.482 e. The standard InChI is InChI=1S/C20H18N2O4/c1-14-18(20(24)22(21-14)16-6-4-3-5-7-16)12-15-8-10-17(11-9-15)26-13-19(23)25-2/h3-12H,13H2,1-2H3. The van der Waals surface area contributed by atoms with Gasteiger partial charge in [0.1, 0.15) is 5.75 Å². The number of amides is 1. The lowest BCUT2D eigenvalue weighted by atomic mass is 10.1. The van der Waals surface area contributed by atoms with Crippen molar-refractivity contribution in [3.63, 3.8) is 0 Å². The fraction of sp³-hybridized carbons (Fsp3) is 0.150. The van der Waals surface area contributed by atoms with E-state index in [9.17, 15) is 9.59 Å². The fourth-order valence-electron chi connectivity index (χ4n) is 2.46. The average molecular weight is 350 g/mol. The van der Waals surface area contributed by atoms with Gasteiger partial charge < -0.3 is 9.47 Å². The van der Waals surface area contributed by atoms with E-state index in [1.165, 1.54) is 12.1 Å². The summed E-state index contributed by atoms with van der Waals surface area (Å²) in [5.41, 5.74) is 2.76. The lowest BCUT2D eigenvalue weighted by Crippen LogP contribution is -2.21. The van der Waals surface area contributed by atoms with Crippen molar-refractivity contribution in [1.82, 2.24) is 0 Å². The maximum absolute atomic E-state index is 12.7. The number of ether oxygens (including phenoxy) is 2.